The Hall–Kier alpha value is -2.12. The van der Waals surface area contributed by atoms with Gasteiger partial charge in [0.25, 0.3) is 5.91 Å². The fourth-order valence-electron chi connectivity index (χ4n) is 2.10. The average molecular weight is 346 g/mol. The van der Waals surface area contributed by atoms with Gasteiger partial charge in [-0.3, -0.25) is 4.79 Å². The molecule has 0 atom stereocenters. The summed E-state index contributed by atoms with van der Waals surface area (Å²) in [7, 11) is 0. The smallest absolute Gasteiger partial charge is 0.263 e. The Morgan fingerprint density at radius 3 is 2.65 bits per heavy atom. The van der Waals surface area contributed by atoms with E-state index in [1.807, 2.05) is 38.1 Å². The molecule has 1 N–H and O–H groups in total. The van der Waals surface area contributed by atoms with Crippen molar-refractivity contribution in [2.75, 3.05) is 0 Å². The van der Waals surface area contributed by atoms with Crippen LogP contribution in [0.15, 0.2) is 33.7 Å². The molecular formula is C16H14N2O3S2. The minimum Gasteiger partial charge on any atom is -0.489 e. The van der Waals surface area contributed by atoms with Gasteiger partial charge in [-0.2, -0.15) is 0 Å². The van der Waals surface area contributed by atoms with Gasteiger partial charge in [0.1, 0.15) is 22.4 Å². The van der Waals surface area contributed by atoms with Crippen LogP contribution in [0.2, 0.25) is 0 Å². The van der Waals surface area contributed by atoms with Crippen molar-refractivity contribution in [1.82, 2.24) is 10.5 Å². The summed E-state index contributed by atoms with van der Waals surface area (Å²) in [6.07, 6.45) is 1.80. The number of carbonyl (C=O) groups excluding carboxylic acids is 1. The summed E-state index contributed by atoms with van der Waals surface area (Å²) in [6, 6.07) is 7.51. The van der Waals surface area contributed by atoms with E-state index in [0.29, 0.717) is 15.8 Å². The van der Waals surface area contributed by atoms with Gasteiger partial charge >= 0.3 is 0 Å². The van der Waals surface area contributed by atoms with Gasteiger partial charge in [-0.25, -0.2) is 0 Å². The normalized spacial score (nSPS) is 16.0. The molecule has 2 aromatic rings. The molecule has 1 aliphatic rings. The van der Waals surface area contributed by atoms with E-state index in [9.17, 15) is 4.79 Å². The molecule has 0 radical (unpaired) electrons. The second-order valence-corrected chi connectivity index (χ2v) is 6.73. The van der Waals surface area contributed by atoms with E-state index in [2.05, 4.69) is 10.5 Å². The molecule has 23 heavy (non-hydrogen) atoms. The maximum atomic E-state index is 11.6. The predicted octanol–water partition coefficient (Wildman–Crippen LogP) is 3.36. The Morgan fingerprint density at radius 1 is 1.35 bits per heavy atom. The van der Waals surface area contributed by atoms with Gasteiger partial charge in [0.05, 0.1) is 16.2 Å². The summed E-state index contributed by atoms with van der Waals surface area (Å²) in [6.45, 7) is 4.16. The number of amides is 1. The Kier molecular flexibility index (Phi) is 4.49. The molecule has 3 rings (SSSR count). The minimum atomic E-state index is -0.154. The van der Waals surface area contributed by atoms with Crippen LogP contribution in [0.3, 0.4) is 0 Å². The standard InChI is InChI=1S/C16H14N2O3S2/c1-9-13(10(2)21-18-9)8-20-12-5-3-11(4-6-12)7-14-15(19)17-16(22)23-14/h3-7H,8H2,1-2H3,(H,17,19,22). The highest BCUT2D eigenvalue weighted by atomic mass is 32.2. The molecule has 1 aromatic carbocycles. The Morgan fingerprint density at radius 2 is 2.09 bits per heavy atom. The van der Waals surface area contributed by atoms with Gasteiger partial charge in [-0.1, -0.05) is 41.3 Å². The molecule has 1 fully saturated rings. The van der Waals surface area contributed by atoms with E-state index in [0.717, 1.165) is 28.3 Å². The topological polar surface area (TPSA) is 64.4 Å². The van der Waals surface area contributed by atoms with Crippen LogP contribution in [0.4, 0.5) is 0 Å². The molecule has 1 amide bonds. The summed E-state index contributed by atoms with van der Waals surface area (Å²) < 4.78 is 11.3. The lowest BCUT2D eigenvalue weighted by molar-refractivity contribution is -0.115. The first kappa shape index (κ1) is 15.8. The zero-order chi connectivity index (χ0) is 16.4. The van der Waals surface area contributed by atoms with Crippen LogP contribution in [0.1, 0.15) is 22.6 Å². The third-order valence-electron chi connectivity index (χ3n) is 3.38. The lowest BCUT2D eigenvalue weighted by atomic mass is 10.2. The number of nitrogens with one attached hydrogen (secondary N) is 1. The molecule has 0 spiro atoms. The average Bonchev–Trinajstić information content (AvgIpc) is 3.01. The molecule has 0 aliphatic carbocycles. The monoisotopic (exact) mass is 346 g/mol. The summed E-state index contributed by atoms with van der Waals surface area (Å²) in [5.74, 6) is 1.36. The van der Waals surface area contributed by atoms with Gasteiger partial charge in [0.15, 0.2) is 0 Å². The maximum absolute atomic E-state index is 11.6. The molecule has 0 bridgehead atoms. The fraction of sp³-hybridized carbons (Fsp3) is 0.188. The van der Waals surface area contributed by atoms with Crippen molar-refractivity contribution >= 4 is 40.3 Å². The van der Waals surface area contributed by atoms with Crippen molar-refractivity contribution in [3.63, 3.8) is 0 Å². The van der Waals surface area contributed by atoms with Crippen LogP contribution in [0, 0.1) is 13.8 Å². The maximum Gasteiger partial charge on any atom is 0.263 e. The lowest BCUT2D eigenvalue weighted by Gasteiger charge is -2.06. The van der Waals surface area contributed by atoms with E-state index >= 15 is 0 Å². The van der Waals surface area contributed by atoms with Crippen LogP contribution in [0.5, 0.6) is 5.75 Å². The molecule has 1 saturated heterocycles. The molecule has 118 valence electrons. The van der Waals surface area contributed by atoms with Crippen molar-refractivity contribution in [2.45, 2.75) is 20.5 Å². The number of hydrogen-bond acceptors (Lipinski definition) is 6. The van der Waals surface area contributed by atoms with E-state index < -0.39 is 0 Å². The quantitative estimate of drug-likeness (QED) is 0.676. The molecular weight excluding hydrogens is 332 g/mol. The van der Waals surface area contributed by atoms with Crippen molar-refractivity contribution in [3.8, 4) is 5.75 Å². The van der Waals surface area contributed by atoms with Crippen LogP contribution < -0.4 is 10.1 Å². The molecule has 7 heteroatoms. The number of hydrogen-bond donors (Lipinski definition) is 1. The number of nitrogens with zero attached hydrogens (tertiary/aromatic N) is 1. The van der Waals surface area contributed by atoms with Gasteiger partial charge in [-0.05, 0) is 37.6 Å². The molecule has 0 unspecified atom stereocenters. The number of carbonyl (C=O) groups is 1. The van der Waals surface area contributed by atoms with Gasteiger partial charge in [-0.15, -0.1) is 0 Å². The molecule has 1 aliphatic heterocycles. The first-order valence-corrected chi connectivity index (χ1v) is 8.15. The van der Waals surface area contributed by atoms with Crippen molar-refractivity contribution < 1.29 is 14.1 Å². The van der Waals surface area contributed by atoms with Gasteiger partial charge in [0, 0.05) is 0 Å². The van der Waals surface area contributed by atoms with E-state index in [1.165, 1.54) is 11.8 Å². The SMILES string of the molecule is Cc1noc(C)c1COc1ccc(C=C2SC(=S)NC2=O)cc1. The van der Waals surface area contributed by atoms with Crippen LogP contribution in [-0.4, -0.2) is 15.4 Å². The van der Waals surface area contributed by atoms with Gasteiger partial charge in [0.2, 0.25) is 0 Å². The second-order valence-electron chi connectivity index (χ2n) is 5.01. The van der Waals surface area contributed by atoms with Crippen LogP contribution in [0.25, 0.3) is 6.08 Å². The largest absolute Gasteiger partial charge is 0.489 e. The minimum absolute atomic E-state index is 0.154. The first-order valence-electron chi connectivity index (χ1n) is 6.92. The van der Waals surface area contributed by atoms with E-state index in [1.54, 1.807) is 6.08 Å². The highest BCUT2D eigenvalue weighted by Gasteiger charge is 2.21. The fourth-order valence-corrected chi connectivity index (χ4v) is 3.14. The van der Waals surface area contributed by atoms with E-state index in [-0.39, 0.29) is 5.91 Å². The molecule has 2 heterocycles. The number of aromatic nitrogens is 1. The zero-order valence-corrected chi connectivity index (χ0v) is 14.2. The second kappa shape index (κ2) is 6.55. The third-order valence-corrected chi connectivity index (χ3v) is 4.55. The summed E-state index contributed by atoms with van der Waals surface area (Å²) in [5.41, 5.74) is 2.71. The number of ether oxygens (including phenoxy) is 1. The van der Waals surface area contributed by atoms with Crippen LogP contribution in [-0.2, 0) is 11.4 Å². The summed E-state index contributed by atoms with van der Waals surface area (Å²) in [4.78, 5) is 12.2. The van der Waals surface area contributed by atoms with Crippen molar-refractivity contribution in [2.24, 2.45) is 0 Å². The summed E-state index contributed by atoms with van der Waals surface area (Å²) >= 11 is 6.23. The Labute approximate surface area is 143 Å². The molecule has 5 nitrogen and oxygen atoms in total. The zero-order valence-electron chi connectivity index (χ0n) is 12.6. The Balaban J connectivity index is 1.67. The van der Waals surface area contributed by atoms with Crippen molar-refractivity contribution in [3.05, 3.63) is 51.8 Å². The predicted molar refractivity (Wildman–Crippen MR) is 93.1 cm³/mol. The Bertz CT molecular complexity index is 775. The lowest BCUT2D eigenvalue weighted by Crippen LogP contribution is -2.17. The first-order chi connectivity index (χ1) is 11.0. The number of thiocarbonyl (C=S) groups is 1. The van der Waals surface area contributed by atoms with E-state index in [4.69, 9.17) is 21.5 Å². The van der Waals surface area contributed by atoms with Crippen LogP contribution >= 0.6 is 24.0 Å². The highest BCUT2D eigenvalue weighted by Crippen LogP contribution is 2.26. The molecule has 0 saturated carbocycles. The van der Waals surface area contributed by atoms with Crippen molar-refractivity contribution in [1.29, 1.82) is 0 Å². The third kappa shape index (κ3) is 3.62. The number of aryl methyl sites for hydroxylation is 2. The number of rotatable bonds is 4. The number of benzene rings is 1. The highest BCUT2D eigenvalue weighted by molar-refractivity contribution is 8.26. The number of thioether (sulfide) groups is 1. The summed E-state index contributed by atoms with van der Waals surface area (Å²) in [5, 5.41) is 6.49. The molecule has 1 aromatic heterocycles. The van der Waals surface area contributed by atoms with Gasteiger partial charge < -0.3 is 14.6 Å².